The standard InChI is InChI=1S/C26H23N5O2/c1-16-5-8-19(23(32)11-17-6-7-17)13-22(16)31-15-30-24(26(31)27)25(33)20-4-2-3-18(12-20)21-14-28-9-10-29-21/h2-5,8-10,12-15,17H,6-7,11,27H2,1H3. The second kappa shape index (κ2) is 8.43. The maximum absolute atomic E-state index is 13.2. The monoisotopic (exact) mass is 437 g/mol. The molecule has 2 N–H and O–H groups in total. The van der Waals surface area contributed by atoms with Crippen molar-refractivity contribution in [3.05, 3.63) is 89.8 Å². The molecule has 164 valence electrons. The number of nitrogens with zero attached hydrogens (tertiary/aromatic N) is 4. The third-order valence-corrected chi connectivity index (χ3v) is 5.96. The van der Waals surface area contributed by atoms with Gasteiger partial charge in [-0.3, -0.25) is 24.1 Å². The van der Waals surface area contributed by atoms with Gasteiger partial charge in [0.05, 0.1) is 17.6 Å². The van der Waals surface area contributed by atoms with E-state index in [4.69, 9.17) is 5.73 Å². The van der Waals surface area contributed by atoms with Crippen molar-refractivity contribution in [1.82, 2.24) is 19.5 Å². The predicted molar refractivity (Wildman–Crippen MR) is 125 cm³/mol. The molecule has 0 saturated heterocycles. The molecule has 4 aromatic rings. The molecule has 2 heterocycles. The molecule has 7 nitrogen and oxygen atoms in total. The first-order valence-electron chi connectivity index (χ1n) is 10.9. The number of ketones is 2. The molecule has 0 bridgehead atoms. The first-order valence-corrected chi connectivity index (χ1v) is 10.9. The van der Waals surface area contributed by atoms with E-state index in [1.807, 2.05) is 31.2 Å². The van der Waals surface area contributed by atoms with Gasteiger partial charge in [-0.1, -0.05) is 30.3 Å². The number of imidazole rings is 1. The Balaban J connectivity index is 1.46. The van der Waals surface area contributed by atoms with Crippen molar-refractivity contribution in [3.8, 4) is 16.9 Å². The number of aromatic nitrogens is 4. The summed E-state index contributed by atoms with van der Waals surface area (Å²) in [6.45, 7) is 1.94. The van der Waals surface area contributed by atoms with Gasteiger partial charge in [0, 0.05) is 35.5 Å². The van der Waals surface area contributed by atoms with E-state index < -0.39 is 0 Å². The van der Waals surface area contributed by atoms with Gasteiger partial charge in [0.2, 0.25) is 5.78 Å². The Labute approximate surface area is 191 Å². The molecule has 0 unspecified atom stereocenters. The zero-order valence-corrected chi connectivity index (χ0v) is 18.2. The fourth-order valence-corrected chi connectivity index (χ4v) is 3.87. The SMILES string of the molecule is Cc1ccc(C(=O)CC2CC2)cc1-n1cnc(C(=O)c2cccc(-c3cnccn3)c2)c1N. The third kappa shape index (κ3) is 4.17. The van der Waals surface area contributed by atoms with Gasteiger partial charge in [-0.25, -0.2) is 4.98 Å². The fraction of sp³-hybridized carbons (Fsp3) is 0.192. The maximum Gasteiger partial charge on any atom is 0.215 e. The normalized spacial score (nSPS) is 13.1. The van der Waals surface area contributed by atoms with E-state index in [0.29, 0.717) is 29.2 Å². The number of hydrogen-bond donors (Lipinski definition) is 1. The zero-order valence-electron chi connectivity index (χ0n) is 18.2. The minimum atomic E-state index is -0.282. The number of Topliss-reactive ketones (excluding diaryl/α,β-unsaturated/α-hetero) is 1. The van der Waals surface area contributed by atoms with Crippen LogP contribution in [0.3, 0.4) is 0 Å². The topological polar surface area (TPSA) is 104 Å². The van der Waals surface area contributed by atoms with Crippen LogP contribution in [0.25, 0.3) is 16.9 Å². The van der Waals surface area contributed by atoms with Crippen LogP contribution in [0.5, 0.6) is 0 Å². The van der Waals surface area contributed by atoms with E-state index in [0.717, 1.165) is 29.7 Å². The van der Waals surface area contributed by atoms with E-state index in [2.05, 4.69) is 15.0 Å². The number of rotatable bonds is 7. The average molecular weight is 438 g/mol. The highest BCUT2D eigenvalue weighted by Gasteiger charge is 2.25. The van der Waals surface area contributed by atoms with Crippen molar-refractivity contribution >= 4 is 17.4 Å². The summed E-state index contributed by atoms with van der Waals surface area (Å²) in [4.78, 5) is 38.5. The summed E-state index contributed by atoms with van der Waals surface area (Å²) < 4.78 is 1.67. The van der Waals surface area contributed by atoms with Crippen LogP contribution in [0.1, 0.15) is 51.2 Å². The van der Waals surface area contributed by atoms with Gasteiger partial charge in [0.1, 0.15) is 12.1 Å². The molecule has 1 aliphatic carbocycles. The molecule has 33 heavy (non-hydrogen) atoms. The minimum Gasteiger partial charge on any atom is -0.383 e. The smallest absolute Gasteiger partial charge is 0.215 e. The second-order valence-electron chi connectivity index (χ2n) is 8.42. The van der Waals surface area contributed by atoms with E-state index in [-0.39, 0.29) is 23.1 Å². The van der Waals surface area contributed by atoms with Crippen molar-refractivity contribution in [2.45, 2.75) is 26.2 Å². The minimum absolute atomic E-state index is 0.134. The molecule has 0 spiro atoms. The first kappa shape index (κ1) is 20.8. The molecule has 0 amide bonds. The van der Waals surface area contributed by atoms with Crippen LogP contribution in [0.2, 0.25) is 0 Å². The van der Waals surface area contributed by atoms with Crippen molar-refractivity contribution in [2.24, 2.45) is 5.92 Å². The number of carbonyl (C=O) groups is 2. The summed E-state index contributed by atoms with van der Waals surface area (Å²) in [6, 6.07) is 12.7. The molecule has 0 aliphatic heterocycles. The highest BCUT2D eigenvalue weighted by Crippen LogP contribution is 2.34. The van der Waals surface area contributed by atoms with Crippen molar-refractivity contribution in [3.63, 3.8) is 0 Å². The Kier molecular flexibility index (Phi) is 5.30. The molecule has 2 aromatic carbocycles. The number of nitrogen functional groups attached to an aromatic ring is 1. The fourth-order valence-electron chi connectivity index (χ4n) is 3.87. The number of aryl methyl sites for hydroxylation is 1. The largest absolute Gasteiger partial charge is 0.383 e. The highest BCUT2D eigenvalue weighted by molar-refractivity contribution is 6.11. The van der Waals surface area contributed by atoms with E-state index in [9.17, 15) is 9.59 Å². The molecule has 0 radical (unpaired) electrons. The van der Waals surface area contributed by atoms with E-state index in [1.54, 1.807) is 41.4 Å². The van der Waals surface area contributed by atoms with Gasteiger partial charge in [-0.05, 0) is 43.4 Å². The summed E-state index contributed by atoms with van der Waals surface area (Å²) in [7, 11) is 0. The molecular formula is C26H23N5O2. The molecule has 7 heteroatoms. The van der Waals surface area contributed by atoms with E-state index in [1.165, 1.54) is 6.33 Å². The Bertz CT molecular complexity index is 1360. The number of nitrogens with two attached hydrogens (primary N) is 1. The number of carbonyl (C=O) groups excluding carboxylic acids is 2. The van der Waals surface area contributed by atoms with Crippen molar-refractivity contribution < 1.29 is 9.59 Å². The van der Waals surface area contributed by atoms with Crippen molar-refractivity contribution in [2.75, 3.05) is 5.73 Å². The lowest BCUT2D eigenvalue weighted by Crippen LogP contribution is -2.09. The summed E-state index contributed by atoms with van der Waals surface area (Å²) in [5, 5.41) is 0. The first-order chi connectivity index (χ1) is 16.0. The van der Waals surface area contributed by atoms with Gasteiger partial charge >= 0.3 is 0 Å². The quantitative estimate of drug-likeness (QED) is 0.429. The summed E-state index contributed by atoms with van der Waals surface area (Å²) in [5.74, 6) is 0.604. The second-order valence-corrected chi connectivity index (χ2v) is 8.42. The van der Waals surface area contributed by atoms with Gasteiger partial charge in [0.25, 0.3) is 0 Å². The highest BCUT2D eigenvalue weighted by atomic mass is 16.1. The maximum atomic E-state index is 13.2. The van der Waals surface area contributed by atoms with Crippen molar-refractivity contribution in [1.29, 1.82) is 0 Å². The lowest BCUT2D eigenvalue weighted by atomic mass is 10.0. The average Bonchev–Trinajstić information content (AvgIpc) is 3.58. The Morgan fingerprint density at radius 3 is 2.67 bits per heavy atom. The lowest BCUT2D eigenvalue weighted by Gasteiger charge is -2.11. The molecule has 2 aromatic heterocycles. The molecule has 1 fully saturated rings. The predicted octanol–water partition coefficient (Wildman–Crippen LogP) is 4.43. The summed E-state index contributed by atoms with van der Waals surface area (Å²) in [6.07, 6.45) is 9.22. The van der Waals surface area contributed by atoms with Gasteiger partial charge in [-0.2, -0.15) is 0 Å². The van der Waals surface area contributed by atoms with Crippen LogP contribution in [0.15, 0.2) is 67.4 Å². The van der Waals surface area contributed by atoms with E-state index >= 15 is 0 Å². The number of hydrogen-bond acceptors (Lipinski definition) is 6. The molecule has 1 saturated carbocycles. The van der Waals surface area contributed by atoms with Gasteiger partial charge in [0.15, 0.2) is 11.5 Å². The summed E-state index contributed by atoms with van der Waals surface area (Å²) >= 11 is 0. The van der Waals surface area contributed by atoms with Crippen LogP contribution in [-0.4, -0.2) is 31.1 Å². The number of benzene rings is 2. The molecule has 5 rings (SSSR count). The summed E-state index contributed by atoms with van der Waals surface area (Å²) in [5.41, 5.74) is 10.8. The number of anilines is 1. The molecule has 0 atom stereocenters. The molecule has 1 aliphatic rings. The Hall–Kier alpha value is -4.13. The lowest BCUT2D eigenvalue weighted by molar-refractivity contribution is 0.0975. The zero-order chi connectivity index (χ0) is 22.9. The van der Waals surface area contributed by atoms with Gasteiger partial charge in [-0.15, -0.1) is 0 Å². The van der Waals surface area contributed by atoms with Gasteiger partial charge < -0.3 is 5.73 Å². The van der Waals surface area contributed by atoms with Crippen LogP contribution in [0, 0.1) is 12.8 Å². The van der Waals surface area contributed by atoms with Crippen LogP contribution in [0.4, 0.5) is 5.82 Å². The Morgan fingerprint density at radius 2 is 1.91 bits per heavy atom. The van der Waals surface area contributed by atoms with Crippen LogP contribution >= 0.6 is 0 Å². The van der Waals surface area contributed by atoms with Crippen LogP contribution < -0.4 is 5.73 Å². The third-order valence-electron chi connectivity index (χ3n) is 5.96. The Morgan fingerprint density at radius 1 is 1.06 bits per heavy atom. The van der Waals surface area contributed by atoms with Crippen LogP contribution in [-0.2, 0) is 0 Å². The molecular weight excluding hydrogens is 414 g/mol.